The molecule has 0 saturated carbocycles. The van der Waals surface area contributed by atoms with Crippen LogP contribution >= 0.6 is 0 Å². The maximum absolute atomic E-state index is 13.9. The Kier molecular flexibility index (Phi) is 12.3. The average Bonchev–Trinajstić information content (AvgIpc) is 3.02. The number of amides is 1. The van der Waals surface area contributed by atoms with Gasteiger partial charge in [0.05, 0.1) is 41.7 Å². The molecule has 12 nitrogen and oxygen atoms in total. The Morgan fingerprint density at radius 1 is 1.07 bits per heavy atom. The second-order valence-corrected chi connectivity index (χ2v) is 16.3. The van der Waals surface area contributed by atoms with Crippen molar-refractivity contribution in [3.8, 4) is 0 Å². The van der Waals surface area contributed by atoms with Crippen molar-refractivity contribution < 1.29 is 36.3 Å². The summed E-state index contributed by atoms with van der Waals surface area (Å²) in [5.74, 6) is -0.659. The highest BCUT2D eigenvalue weighted by Gasteiger charge is 2.33. The number of ketones is 1. The van der Waals surface area contributed by atoms with Gasteiger partial charge in [-0.3, -0.25) is 14.5 Å². The Labute approximate surface area is 266 Å². The van der Waals surface area contributed by atoms with E-state index in [1.807, 2.05) is 44.2 Å². The van der Waals surface area contributed by atoms with E-state index in [0.29, 0.717) is 25.3 Å². The normalized spacial score (nSPS) is 20.5. The quantitative estimate of drug-likeness (QED) is 0.240. The number of ether oxygens (including phenoxy) is 1. The molecule has 14 heteroatoms. The summed E-state index contributed by atoms with van der Waals surface area (Å²) in [6, 6.07) is 14.2. The van der Waals surface area contributed by atoms with Crippen LogP contribution in [-0.4, -0.2) is 125 Å². The Bertz CT molecular complexity index is 1480. The van der Waals surface area contributed by atoms with E-state index in [1.165, 1.54) is 28.6 Å². The lowest BCUT2D eigenvalue weighted by molar-refractivity contribution is -0.135. The van der Waals surface area contributed by atoms with Gasteiger partial charge in [-0.1, -0.05) is 56.3 Å². The Balaban J connectivity index is 1.48. The number of rotatable bonds is 14. The van der Waals surface area contributed by atoms with Crippen LogP contribution in [0.25, 0.3) is 0 Å². The molecule has 2 aromatic carbocycles. The third-order valence-electron chi connectivity index (χ3n) is 7.89. The number of benzene rings is 2. The van der Waals surface area contributed by atoms with Gasteiger partial charge in [-0.25, -0.2) is 16.8 Å². The first-order valence-electron chi connectivity index (χ1n) is 15.2. The number of aliphatic hydroxyl groups is 1. The maximum Gasteiger partial charge on any atom is 0.250 e. The first-order chi connectivity index (χ1) is 21.3. The molecule has 0 bridgehead atoms. The third kappa shape index (κ3) is 10.1. The van der Waals surface area contributed by atoms with Crippen molar-refractivity contribution in [2.75, 3.05) is 63.9 Å². The molecule has 3 N–H and O–H groups in total. The number of sulfone groups is 1. The Hall–Kier alpha value is -2.72. The topological polar surface area (TPSA) is 162 Å². The monoisotopic (exact) mass is 664 g/mol. The summed E-state index contributed by atoms with van der Waals surface area (Å²) in [5.41, 5.74) is 1.19. The Morgan fingerprint density at radius 2 is 1.73 bits per heavy atom. The number of Topliss-reactive ketones (excluding diaryl/α,β-unsaturated/α-hetero) is 1. The van der Waals surface area contributed by atoms with Crippen molar-refractivity contribution >= 4 is 31.6 Å². The average molecular weight is 665 g/mol. The van der Waals surface area contributed by atoms with Gasteiger partial charge in [0.2, 0.25) is 10.0 Å². The van der Waals surface area contributed by atoms with Crippen LogP contribution in [0.3, 0.4) is 0 Å². The number of nitrogens with one attached hydrogen (secondary N) is 2. The highest BCUT2D eigenvalue weighted by Crippen LogP contribution is 2.21. The molecule has 2 heterocycles. The Morgan fingerprint density at radius 3 is 2.33 bits per heavy atom. The largest absolute Gasteiger partial charge is 0.390 e. The van der Waals surface area contributed by atoms with Crippen LogP contribution in [0.15, 0.2) is 59.5 Å². The fraction of sp³-hybridized carbons (Fsp3) is 0.548. The predicted octanol–water partition coefficient (Wildman–Crippen LogP) is 0.323. The van der Waals surface area contributed by atoms with Crippen LogP contribution in [0.1, 0.15) is 29.8 Å². The predicted molar refractivity (Wildman–Crippen MR) is 170 cm³/mol. The standard InChI is InChI=1S/C31H44N4O8S2/c1-23(2)20-35(22-29(37)27(18-24-6-4-3-5-7-24)33-31(38)30-19-32-12-15-43-30)45(41,42)26-10-8-25(9-11-26)28(36)21-34-13-16-44(39,40)17-14-34/h3-11,23,27,29-30,32,37H,12-22H2,1-2H3,(H,33,38)/t27-,29+,30+/m0/s1. The van der Waals surface area contributed by atoms with Gasteiger partial charge in [-0.15, -0.1) is 0 Å². The van der Waals surface area contributed by atoms with Gasteiger partial charge in [0.15, 0.2) is 15.6 Å². The molecule has 2 saturated heterocycles. The van der Waals surface area contributed by atoms with Crippen molar-refractivity contribution in [2.24, 2.45) is 5.92 Å². The summed E-state index contributed by atoms with van der Waals surface area (Å²) in [7, 11) is -7.16. The number of morpholine rings is 1. The highest BCUT2D eigenvalue weighted by atomic mass is 32.2. The lowest BCUT2D eigenvalue weighted by Gasteiger charge is -2.32. The van der Waals surface area contributed by atoms with Crippen LogP contribution < -0.4 is 10.6 Å². The van der Waals surface area contributed by atoms with E-state index in [4.69, 9.17) is 4.74 Å². The molecule has 0 spiro atoms. The molecule has 248 valence electrons. The van der Waals surface area contributed by atoms with Gasteiger partial charge < -0.3 is 20.5 Å². The number of carbonyl (C=O) groups excluding carboxylic acids is 2. The zero-order valence-corrected chi connectivity index (χ0v) is 27.4. The number of hydrogen-bond acceptors (Lipinski definition) is 10. The summed E-state index contributed by atoms with van der Waals surface area (Å²) in [6.45, 7) is 5.58. The van der Waals surface area contributed by atoms with Crippen LogP contribution in [0.5, 0.6) is 0 Å². The summed E-state index contributed by atoms with van der Waals surface area (Å²) in [6.07, 6.45) is -1.68. The van der Waals surface area contributed by atoms with E-state index in [9.17, 15) is 31.5 Å². The minimum atomic E-state index is -4.09. The first kappa shape index (κ1) is 35.1. The summed E-state index contributed by atoms with van der Waals surface area (Å²) in [5, 5.41) is 17.5. The summed E-state index contributed by atoms with van der Waals surface area (Å²) < 4.78 is 57.9. The van der Waals surface area contributed by atoms with Gasteiger partial charge in [-0.05, 0) is 30.0 Å². The molecule has 0 unspecified atom stereocenters. The number of sulfonamides is 1. The van der Waals surface area contributed by atoms with E-state index < -0.39 is 38.1 Å². The maximum atomic E-state index is 13.9. The van der Waals surface area contributed by atoms with Gasteiger partial charge in [-0.2, -0.15) is 4.31 Å². The van der Waals surface area contributed by atoms with Crippen molar-refractivity contribution in [1.29, 1.82) is 0 Å². The molecule has 2 aliphatic rings. The van der Waals surface area contributed by atoms with Gasteiger partial charge in [0, 0.05) is 44.8 Å². The first-order valence-corrected chi connectivity index (χ1v) is 18.5. The number of hydrogen-bond donors (Lipinski definition) is 3. The zero-order valence-electron chi connectivity index (χ0n) is 25.8. The second kappa shape index (κ2) is 15.7. The van der Waals surface area contributed by atoms with Crippen molar-refractivity contribution in [1.82, 2.24) is 19.8 Å². The fourth-order valence-corrected chi connectivity index (χ4v) is 8.24. The summed E-state index contributed by atoms with van der Waals surface area (Å²) >= 11 is 0. The minimum Gasteiger partial charge on any atom is -0.390 e. The molecule has 45 heavy (non-hydrogen) atoms. The smallest absolute Gasteiger partial charge is 0.250 e. The summed E-state index contributed by atoms with van der Waals surface area (Å²) in [4.78, 5) is 27.7. The van der Waals surface area contributed by atoms with Gasteiger partial charge >= 0.3 is 0 Å². The lowest BCUT2D eigenvalue weighted by atomic mass is 10.0. The van der Waals surface area contributed by atoms with Crippen LogP contribution in [0.2, 0.25) is 0 Å². The van der Waals surface area contributed by atoms with Crippen molar-refractivity contribution in [3.63, 3.8) is 0 Å². The molecule has 1 amide bonds. The van der Waals surface area contributed by atoms with Gasteiger partial charge in [0.25, 0.3) is 5.91 Å². The second-order valence-electron chi connectivity index (χ2n) is 12.0. The fourth-order valence-electron chi connectivity index (χ4n) is 5.34. The van der Waals surface area contributed by atoms with E-state index in [0.717, 1.165) is 5.56 Å². The van der Waals surface area contributed by atoms with Crippen LogP contribution in [0.4, 0.5) is 0 Å². The SMILES string of the molecule is CC(C)CN(C[C@@H](O)[C@H](Cc1ccccc1)NC(=O)[C@H]1CNCCO1)S(=O)(=O)c1ccc(C(=O)CN2CCS(=O)(=O)CC2)cc1. The number of nitrogens with zero attached hydrogens (tertiary/aromatic N) is 2. The third-order valence-corrected chi connectivity index (χ3v) is 11.3. The minimum absolute atomic E-state index is 0.0104. The number of carbonyl (C=O) groups is 2. The van der Waals surface area contributed by atoms with E-state index >= 15 is 0 Å². The van der Waals surface area contributed by atoms with Crippen LogP contribution in [-0.2, 0) is 35.8 Å². The van der Waals surface area contributed by atoms with Crippen molar-refractivity contribution in [3.05, 3.63) is 65.7 Å². The van der Waals surface area contributed by atoms with Crippen molar-refractivity contribution in [2.45, 2.75) is 43.4 Å². The number of aliphatic hydroxyl groups excluding tert-OH is 1. The molecule has 2 aliphatic heterocycles. The highest BCUT2D eigenvalue weighted by molar-refractivity contribution is 7.91. The lowest BCUT2D eigenvalue weighted by Crippen LogP contribution is -2.55. The molecular formula is C31H44N4O8S2. The molecule has 0 radical (unpaired) electrons. The van der Waals surface area contributed by atoms with Gasteiger partial charge in [0.1, 0.15) is 6.10 Å². The van der Waals surface area contributed by atoms with E-state index in [1.54, 1.807) is 4.90 Å². The molecule has 2 aromatic rings. The molecule has 3 atom stereocenters. The molecule has 2 fully saturated rings. The molecular weight excluding hydrogens is 620 g/mol. The van der Waals surface area contributed by atoms with E-state index in [-0.39, 0.29) is 73.2 Å². The van der Waals surface area contributed by atoms with Crippen LogP contribution in [0, 0.1) is 5.92 Å². The molecule has 4 rings (SSSR count). The zero-order chi connectivity index (χ0) is 32.6. The van der Waals surface area contributed by atoms with E-state index in [2.05, 4.69) is 10.6 Å². The molecule has 0 aromatic heterocycles. The molecule has 0 aliphatic carbocycles.